The molecular formula is C12H15FN2O3. The fourth-order valence-corrected chi connectivity index (χ4v) is 2.00. The Morgan fingerprint density at radius 3 is 3.00 bits per heavy atom. The summed E-state index contributed by atoms with van der Waals surface area (Å²) in [5.41, 5.74) is 0.0604. The van der Waals surface area contributed by atoms with Crippen LogP contribution in [0.25, 0.3) is 0 Å². The highest BCUT2D eigenvalue weighted by atomic mass is 19.1. The highest BCUT2D eigenvalue weighted by Crippen LogP contribution is 2.21. The van der Waals surface area contributed by atoms with E-state index in [9.17, 15) is 14.5 Å². The van der Waals surface area contributed by atoms with Gasteiger partial charge in [0.05, 0.1) is 11.5 Å². The molecule has 1 aliphatic heterocycles. The van der Waals surface area contributed by atoms with Crippen LogP contribution >= 0.6 is 0 Å². The first-order valence-corrected chi connectivity index (χ1v) is 5.92. The van der Waals surface area contributed by atoms with Gasteiger partial charge >= 0.3 is 5.69 Å². The van der Waals surface area contributed by atoms with E-state index in [0.29, 0.717) is 24.8 Å². The highest BCUT2D eigenvalue weighted by Gasteiger charge is 2.16. The molecule has 0 spiro atoms. The number of anilines is 1. The topological polar surface area (TPSA) is 64.4 Å². The van der Waals surface area contributed by atoms with Crippen LogP contribution in [0.1, 0.15) is 12.8 Å². The standard InChI is InChI=1S/C12H15FN2O3/c13-11-6-10(3-4-12(11)15(16)17)14-7-9-2-1-5-18-8-9/h3-4,6,9,14H,1-2,5,7-8H2. The van der Waals surface area contributed by atoms with E-state index in [4.69, 9.17) is 4.74 Å². The summed E-state index contributed by atoms with van der Waals surface area (Å²) in [6.45, 7) is 2.21. The number of ether oxygens (including phenoxy) is 1. The van der Waals surface area contributed by atoms with Gasteiger partial charge in [-0.1, -0.05) is 0 Å². The van der Waals surface area contributed by atoms with Crippen LogP contribution in [0, 0.1) is 21.8 Å². The largest absolute Gasteiger partial charge is 0.385 e. The van der Waals surface area contributed by atoms with E-state index < -0.39 is 16.4 Å². The molecule has 0 aliphatic carbocycles. The van der Waals surface area contributed by atoms with Crippen molar-refractivity contribution in [1.82, 2.24) is 0 Å². The van der Waals surface area contributed by atoms with Crippen molar-refractivity contribution in [3.05, 3.63) is 34.1 Å². The fourth-order valence-electron chi connectivity index (χ4n) is 2.00. The summed E-state index contributed by atoms with van der Waals surface area (Å²) in [5, 5.41) is 13.5. The summed E-state index contributed by atoms with van der Waals surface area (Å²) in [6.07, 6.45) is 2.13. The fraction of sp³-hybridized carbons (Fsp3) is 0.500. The molecule has 1 N–H and O–H groups in total. The van der Waals surface area contributed by atoms with Crippen LogP contribution in [0.2, 0.25) is 0 Å². The van der Waals surface area contributed by atoms with Gasteiger partial charge in [0.15, 0.2) is 0 Å². The molecule has 0 amide bonds. The van der Waals surface area contributed by atoms with E-state index in [-0.39, 0.29) is 0 Å². The molecule has 1 fully saturated rings. The van der Waals surface area contributed by atoms with Crippen LogP contribution in [0.15, 0.2) is 18.2 Å². The summed E-state index contributed by atoms with van der Waals surface area (Å²) in [5.74, 6) is -0.401. The zero-order chi connectivity index (χ0) is 13.0. The lowest BCUT2D eigenvalue weighted by Crippen LogP contribution is -2.24. The van der Waals surface area contributed by atoms with E-state index in [1.54, 1.807) is 0 Å². The van der Waals surface area contributed by atoms with Gasteiger partial charge in [0.25, 0.3) is 0 Å². The van der Waals surface area contributed by atoms with Crippen molar-refractivity contribution in [2.24, 2.45) is 5.92 Å². The van der Waals surface area contributed by atoms with Crippen LogP contribution in [0.4, 0.5) is 15.8 Å². The van der Waals surface area contributed by atoms with Crippen molar-refractivity contribution in [2.75, 3.05) is 25.1 Å². The minimum absolute atomic E-state index is 0.414. The number of hydrogen-bond acceptors (Lipinski definition) is 4. The lowest BCUT2D eigenvalue weighted by atomic mass is 10.0. The van der Waals surface area contributed by atoms with Gasteiger partial charge < -0.3 is 10.1 Å². The molecular weight excluding hydrogens is 239 g/mol. The van der Waals surface area contributed by atoms with Crippen molar-refractivity contribution in [3.63, 3.8) is 0 Å². The quantitative estimate of drug-likeness (QED) is 0.662. The van der Waals surface area contributed by atoms with Gasteiger partial charge in [-0.15, -0.1) is 0 Å². The molecule has 2 rings (SSSR count). The second-order valence-electron chi connectivity index (χ2n) is 4.39. The number of nitro benzene ring substituents is 1. The first-order chi connectivity index (χ1) is 8.66. The third-order valence-electron chi connectivity index (χ3n) is 2.99. The predicted molar refractivity (Wildman–Crippen MR) is 65.1 cm³/mol. The molecule has 18 heavy (non-hydrogen) atoms. The van der Waals surface area contributed by atoms with E-state index in [1.807, 2.05) is 0 Å². The molecule has 0 bridgehead atoms. The molecule has 98 valence electrons. The van der Waals surface area contributed by atoms with Gasteiger partial charge in [-0.05, 0) is 24.8 Å². The Morgan fingerprint density at radius 2 is 2.39 bits per heavy atom. The van der Waals surface area contributed by atoms with E-state index in [0.717, 1.165) is 25.5 Å². The van der Waals surface area contributed by atoms with Gasteiger partial charge in [-0.25, -0.2) is 0 Å². The molecule has 1 saturated heterocycles. The molecule has 0 aromatic heterocycles. The Kier molecular flexibility index (Phi) is 4.09. The molecule has 5 nitrogen and oxygen atoms in total. The minimum atomic E-state index is -0.815. The maximum atomic E-state index is 13.4. The van der Waals surface area contributed by atoms with Crippen LogP contribution in [0.5, 0.6) is 0 Å². The lowest BCUT2D eigenvalue weighted by Gasteiger charge is -2.22. The van der Waals surface area contributed by atoms with Crippen LogP contribution < -0.4 is 5.32 Å². The smallest absolute Gasteiger partial charge is 0.304 e. The van der Waals surface area contributed by atoms with Gasteiger partial charge in [0.2, 0.25) is 5.82 Å². The molecule has 1 unspecified atom stereocenters. The average molecular weight is 254 g/mol. The SMILES string of the molecule is O=[N+]([O-])c1ccc(NCC2CCCOC2)cc1F. The predicted octanol–water partition coefficient (Wildman–Crippen LogP) is 2.57. The van der Waals surface area contributed by atoms with Crippen molar-refractivity contribution >= 4 is 11.4 Å². The zero-order valence-electron chi connectivity index (χ0n) is 9.89. The molecule has 6 heteroatoms. The number of benzene rings is 1. The number of hydrogen-bond donors (Lipinski definition) is 1. The number of nitro groups is 1. The number of rotatable bonds is 4. The van der Waals surface area contributed by atoms with Crippen molar-refractivity contribution in [1.29, 1.82) is 0 Å². The van der Waals surface area contributed by atoms with Crippen molar-refractivity contribution < 1.29 is 14.1 Å². The van der Waals surface area contributed by atoms with Gasteiger partial charge in [-0.2, -0.15) is 4.39 Å². The van der Waals surface area contributed by atoms with E-state index >= 15 is 0 Å². The van der Waals surface area contributed by atoms with E-state index in [2.05, 4.69) is 5.32 Å². The summed E-state index contributed by atoms with van der Waals surface area (Å²) in [4.78, 5) is 9.74. The zero-order valence-corrected chi connectivity index (χ0v) is 9.89. The molecule has 0 saturated carbocycles. The first kappa shape index (κ1) is 12.8. The number of halogens is 1. The Morgan fingerprint density at radius 1 is 1.56 bits per heavy atom. The Labute approximate surface area is 104 Å². The minimum Gasteiger partial charge on any atom is -0.385 e. The van der Waals surface area contributed by atoms with Gasteiger partial charge in [-0.3, -0.25) is 10.1 Å². The Balaban J connectivity index is 1.93. The Bertz CT molecular complexity index is 433. The van der Waals surface area contributed by atoms with Gasteiger partial charge in [0.1, 0.15) is 0 Å². The average Bonchev–Trinajstić information content (AvgIpc) is 2.37. The molecule has 1 aromatic carbocycles. The van der Waals surface area contributed by atoms with Crippen molar-refractivity contribution in [3.8, 4) is 0 Å². The van der Waals surface area contributed by atoms with Crippen LogP contribution in [-0.2, 0) is 4.74 Å². The summed E-state index contributed by atoms with van der Waals surface area (Å²) < 4.78 is 18.7. The second-order valence-corrected chi connectivity index (χ2v) is 4.39. The molecule has 1 aromatic rings. The maximum Gasteiger partial charge on any atom is 0.304 e. The third kappa shape index (κ3) is 3.16. The summed E-state index contributed by atoms with van der Waals surface area (Å²) >= 11 is 0. The van der Waals surface area contributed by atoms with Crippen molar-refractivity contribution in [2.45, 2.75) is 12.8 Å². The van der Waals surface area contributed by atoms with E-state index in [1.165, 1.54) is 12.1 Å². The summed E-state index contributed by atoms with van der Waals surface area (Å²) in [6, 6.07) is 3.85. The molecule has 1 heterocycles. The first-order valence-electron chi connectivity index (χ1n) is 5.92. The number of nitrogens with one attached hydrogen (secondary N) is 1. The number of nitrogens with zero attached hydrogens (tertiary/aromatic N) is 1. The van der Waals surface area contributed by atoms with Crippen LogP contribution in [-0.4, -0.2) is 24.7 Å². The van der Waals surface area contributed by atoms with Crippen LogP contribution in [0.3, 0.4) is 0 Å². The molecule has 1 aliphatic rings. The Hall–Kier alpha value is -1.69. The molecule has 1 atom stereocenters. The van der Waals surface area contributed by atoms with Gasteiger partial charge in [0, 0.05) is 31.0 Å². The maximum absolute atomic E-state index is 13.4. The molecule has 0 radical (unpaired) electrons. The third-order valence-corrected chi connectivity index (χ3v) is 2.99. The summed E-state index contributed by atoms with van der Waals surface area (Å²) in [7, 11) is 0. The lowest BCUT2D eigenvalue weighted by molar-refractivity contribution is -0.387. The monoisotopic (exact) mass is 254 g/mol. The highest BCUT2D eigenvalue weighted by molar-refractivity contribution is 5.49. The normalized spacial score (nSPS) is 19.5. The second kappa shape index (κ2) is 5.77.